The summed E-state index contributed by atoms with van der Waals surface area (Å²) in [5.41, 5.74) is 7.44. The monoisotopic (exact) mass is 452 g/mol. The fraction of sp³-hybridized carbons (Fsp3) is 0.259. The lowest BCUT2D eigenvalue weighted by Gasteiger charge is -2.29. The number of aryl methyl sites for hydroxylation is 2. The van der Waals surface area contributed by atoms with Gasteiger partial charge < -0.3 is 14.8 Å². The fourth-order valence-electron chi connectivity index (χ4n) is 4.34. The molecule has 3 heterocycles. The molecule has 1 aliphatic heterocycles. The van der Waals surface area contributed by atoms with Gasteiger partial charge >= 0.3 is 0 Å². The lowest BCUT2D eigenvalue weighted by Crippen LogP contribution is -2.35. The van der Waals surface area contributed by atoms with Crippen LogP contribution in [-0.2, 0) is 24.2 Å². The van der Waals surface area contributed by atoms with Gasteiger partial charge in [-0.15, -0.1) is 0 Å². The van der Waals surface area contributed by atoms with Crippen molar-refractivity contribution in [3.8, 4) is 5.69 Å². The summed E-state index contributed by atoms with van der Waals surface area (Å²) in [6, 6.07) is 16.7. The third-order valence-electron chi connectivity index (χ3n) is 6.31. The van der Waals surface area contributed by atoms with E-state index in [0.29, 0.717) is 25.5 Å². The summed E-state index contributed by atoms with van der Waals surface area (Å²) >= 11 is 0. The van der Waals surface area contributed by atoms with Crippen LogP contribution in [0.1, 0.15) is 40.8 Å². The summed E-state index contributed by atoms with van der Waals surface area (Å²) in [6.07, 6.45) is 5.17. The number of fused-ring (bicyclic) bond motifs is 1. The predicted molar refractivity (Wildman–Crippen MR) is 132 cm³/mol. The normalized spacial score (nSPS) is 13.0. The topological polar surface area (TPSA) is 75.9 Å². The van der Waals surface area contributed by atoms with Gasteiger partial charge in [0, 0.05) is 62.2 Å². The van der Waals surface area contributed by atoms with Gasteiger partial charge in [0.1, 0.15) is 5.82 Å². The van der Waals surface area contributed by atoms with Crippen molar-refractivity contribution < 1.29 is 4.79 Å². The molecular formula is C27H28N6O. The summed E-state index contributed by atoms with van der Waals surface area (Å²) in [7, 11) is 0. The maximum Gasteiger partial charge on any atom is 0.227 e. The van der Waals surface area contributed by atoms with Gasteiger partial charge in [-0.2, -0.15) is 0 Å². The number of benzene rings is 2. The first-order valence-electron chi connectivity index (χ1n) is 11.5. The Kier molecular flexibility index (Phi) is 5.84. The van der Waals surface area contributed by atoms with E-state index in [2.05, 4.69) is 41.5 Å². The molecule has 34 heavy (non-hydrogen) atoms. The molecule has 0 aliphatic carbocycles. The van der Waals surface area contributed by atoms with E-state index < -0.39 is 0 Å². The number of hydrogen-bond acceptors (Lipinski definition) is 5. The number of nitrogens with one attached hydrogen (secondary N) is 1. The van der Waals surface area contributed by atoms with Gasteiger partial charge in [0.15, 0.2) is 0 Å². The minimum absolute atomic E-state index is 0.0855. The van der Waals surface area contributed by atoms with Crippen LogP contribution in [0.3, 0.4) is 0 Å². The van der Waals surface area contributed by atoms with Crippen molar-refractivity contribution in [2.24, 2.45) is 0 Å². The first-order chi connectivity index (χ1) is 16.5. The maximum absolute atomic E-state index is 12.0. The molecule has 0 saturated heterocycles. The lowest BCUT2D eigenvalue weighted by atomic mass is 9.99. The number of anilines is 2. The molecule has 1 aliphatic rings. The number of hydrogen-bond donors (Lipinski definition) is 1. The van der Waals surface area contributed by atoms with Gasteiger partial charge in [-0.05, 0) is 43.7 Å². The zero-order chi connectivity index (χ0) is 23.7. The summed E-state index contributed by atoms with van der Waals surface area (Å²) in [5.74, 6) is 1.62. The lowest BCUT2D eigenvalue weighted by molar-refractivity contribution is -0.129. The minimum Gasteiger partial charge on any atom is -0.338 e. The molecule has 0 radical (unpaired) electrons. The summed E-state index contributed by atoms with van der Waals surface area (Å²) in [4.78, 5) is 27.9. The van der Waals surface area contributed by atoms with E-state index in [9.17, 15) is 4.79 Å². The number of imidazole rings is 1. The Bertz CT molecular complexity index is 1320. The zero-order valence-electron chi connectivity index (χ0n) is 19.7. The third kappa shape index (κ3) is 4.55. The van der Waals surface area contributed by atoms with Gasteiger partial charge in [-0.1, -0.05) is 29.8 Å². The van der Waals surface area contributed by atoms with Crippen LogP contribution >= 0.6 is 0 Å². The molecule has 2 aromatic heterocycles. The number of rotatable bonds is 5. The van der Waals surface area contributed by atoms with Crippen LogP contribution < -0.4 is 5.32 Å². The molecule has 0 bridgehead atoms. The van der Waals surface area contributed by atoms with Crippen molar-refractivity contribution in [3.05, 3.63) is 94.8 Å². The highest BCUT2D eigenvalue weighted by atomic mass is 16.2. The second-order valence-corrected chi connectivity index (χ2v) is 8.79. The van der Waals surface area contributed by atoms with Crippen LogP contribution in [0.15, 0.2) is 60.9 Å². The van der Waals surface area contributed by atoms with Crippen LogP contribution in [0.4, 0.5) is 11.6 Å². The Hall–Kier alpha value is -4.00. The molecule has 1 amide bonds. The van der Waals surface area contributed by atoms with Gasteiger partial charge in [0.05, 0.1) is 11.4 Å². The Balaban J connectivity index is 1.45. The Labute approximate surface area is 199 Å². The van der Waals surface area contributed by atoms with Crippen molar-refractivity contribution in [3.63, 3.8) is 0 Å². The van der Waals surface area contributed by atoms with Crippen molar-refractivity contribution in [1.82, 2.24) is 24.4 Å². The number of nitrogens with zero attached hydrogens (tertiary/aromatic N) is 5. The largest absolute Gasteiger partial charge is 0.338 e. The third-order valence-corrected chi connectivity index (χ3v) is 6.31. The molecule has 5 rings (SSSR count). The minimum atomic E-state index is 0.0855. The van der Waals surface area contributed by atoms with Gasteiger partial charge in [0.2, 0.25) is 11.9 Å². The van der Waals surface area contributed by atoms with E-state index in [0.717, 1.165) is 40.6 Å². The highest BCUT2D eigenvalue weighted by Gasteiger charge is 2.24. The Morgan fingerprint density at radius 3 is 2.47 bits per heavy atom. The van der Waals surface area contributed by atoms with E-state index in [-0.39, 0.29) is 5.91 Å². The van der Waals surface area contributed by atoms with Crippen molar-refractivity contribution in [2.75, 3.05) is 11.9 Å². The van der Waals surface area contributed by atoms with Crippen LogP contribution in [0.5, 0.6) is 0 Å². The summed E-state index contributed by atoms with van der Waals surface area (Å²) < 4.78 is 2.04. The smallest absolute Gasteiger partial charge is 0.227 e. The number of amides is 1. The van der Waals surface area contributed by atoms with Crippen LogP contribution in [0.2, 0.25) is 0 Å². The van der Waals surface area contributed by atoms with E-state index in [1.54, 1.807) is 13.1 Å². The second-order valence-electron chi connectivity index (χ2n) is 8.79. The molecular weight excluding hydrogens is 424 g/mol. The molecule has 172 valence electrons. The number of carbonyl (C=O) groups is 1. The van der Waals surface area contributed by atoms with Crippen LogP contribution in [-0.4, -0.2) is 36.9 Å². The van der Waals surface area contributed by atoms with Crippen LogP contribution in [0, 0.1) is 13.8 Å². The molecule has 0 saturated carbocycles. The predicted octanol–water partition coefficient (Wildman–Crippen LogP) is 4.52. The fourth-order valence-corrected chi connectivity index (χ4v) is 4.34. The highest BCUT2D eigenvalue weighted by molar-refractivity contribution is 5.73. The molecule has 0 unspecified atom stereocenters. The van der Waals surface area contributed by atoms with Crippen LogP contribution in [0.25, 0.3) is 5.69 Å². The molecule has 7 nitrogen and oxygen atoms in total. The van der Waals surface area contributed by atoms with E-state index in [1.807, 2.05) is 46.9 Å². The van der Waals surface area contributed by atoms with Crippen molar-refractivity contribution >= 4 is 17.5 Å². The Morgan fingerprint density at radius 2 is 1.79 bits per heavy atom. The quantitative estimate of drug-likeness (QED) is 0.482. The molecule has 0 fully saturated rings. The van der Waals surface area contributed by atoms with E-state index in [4.69, 9.17) is 9.97 Å². The molecule has 2 aromatic carbocycles. The number of aromatic nitrogens is 4. The number of carbonyl (C=O) groups excluding carboxylic acids is 1. The average molecular weight is 453 g/mol. The standard InChI is InChI=1S/C27H28N6O/c1-18-4-6-21(7-5-18)16-26-24-17-32(20(3)34)14-12-25(24)30-27(31-26)29-22-8-10-23(11-9-22)33-15-13-28-19(33)2/h4-11,13,15H,12,14,16-17H2,1-3H3,(H,29,30,31). The SMILES string of the molecule is CC(=O)N1CCc2nc(Nc3ccc(-n4ccnc4C)cc3)nc(Cc3ccc(C)cc3)c2C1. The van der Waals surface area contributed by atoms with E-state index >= 15 is 0 Å². The van der Waals surface area contributed by atoms with Crippen molar-refractivity contribution in [2.45, 2.75) is 40.2 Å². The van der Waals surface area contributed by atoms with Gasteiger partial charge in [-0.3, -0.25) is 4.79 Å². The molecule has 0 atom stereocenters. The zero-order valence-corrected chi connectivity index (χ0v) is 19.7. The molecule has 4 aromatic rings. The first-order valence-corrected chi connectivity index (χ1v) is 11.5. The Morgan fingerprint density at radius 1 is 1.03 bits per heavy atom. The second kappa shape index (κ2) is 9.09. The molecule has 7 heteroatoms. The van der Waals surface area contributed by atoms with Gasteiger partial charge in [0.25, 0.3) is 0 Å². The van der Waals surface area contributed by atoms with Crippen molar-refractivity contribution in [1.29, 1.82) is 0 Å². The highest BCUT2D eigenvalue weighted by Crippen LogP contribution is 2.26. The molecule has 0 spiro atoms. The van der Waals surface area contributed by atoms with E-state index in [1.165, 1.54) is 11.1 Å². The summed E-state index contributed by atoms with van der Waals surface area (Å²) in [6.45, 7) is 6.93. The first kappa shape index (κ1) is 21.8. The average Bonchev–Trinajstić information content (AvgIpc) is 3.26. The van der Waals surface area contributed by atoms with Gasteiger partial charge in [-0.25, -0.2) is 15.0 Å². The summed E-state index contributed by atoms with van der Waals surface area (Å²) in [5, 5.41) is 3.38. The molecule has 1 N–H and O–H groups in total. The maximum atomic E-state index is 12.0.